The monoisotopic (exact) mass is 426 g/mol. The number of hydrogen-bond donors (Lipinski definition) is 2. The molecular formula is C26H26N4O2. The molecule has 1 heterocycles. The highest BCUT2D eigenvalue weighted by Crippen LogP contribution is 2.27. The van der Waals surface area contributed by atoms with Crippen LogP contribution in [0.15, 0.2) is 78.9 Å². The van der Waals surface area contributed by atoms with Gasteiger partial charge in [-0.25, -0.2) is 4.98 Å². The molecule has 0 spiro atoms. The van der Waals surface area contributed by atoms with Crippen LogP contribution in [0.25, 0.3) is 11.0 Å². The van der Waals surface area contributed by atoms with E-state index in [0.717, 1.165) is 34.5 Å². The topological polar surface area (TPSA) is 76.0 Å². The van der Waals surface area contributed by atoms with Crippen molar-refractivity contribution in [3.05, 3.63) is 101 Å². The van der Waals surface area contributed by atoms with Crippen LogP contribution in [0.5, 0.6) is 0 Å². The molecule has 0 radical (unpaired) electrons. The summed E-state index contributed by atoms with van der Waals surface area (Å²) in [5, 5.41) is 0. The summed E-state index contributed by atoms with van der Waals surface area (Å²) in [6.45, 7) is 4.82. The molecule has 0 atom stereocenters. The van der Waals surface area contributed by atoms with Crippen LogP contribution in [-0.2, 0) is 11.3 Å². The zero-order valence-corrected chi connectivity index (χ0v) is 18.2. The normalized spacial score (nSPS) is 11.0. The predicted molar refractivity (Wildman–Crippen MR) is 125 cm³/mol. The lowest BCUT2D eigenvalue weighted by Gasteiger charge is -2.18. The number of aromatic nitrogens is 2. The third-order valence-electron chi connectivity index (χ3n) is 5.63. The first-order valence-corrected chi connectivity index (χ1v) is 10.7. The molecule has 162 valence electrons. The fraction of sp³-hybridized carbons (Fsp3) is 0.192. The van der Waals surface area contributed by atoms with E-state index in [9.17, 15) is 9.59 Å². The molecule has 0 unspecified atom stereocenters. The lowest BCUT2D eigenvalue weighted by molar-refractivity contribution is -0.122. The zero-order valence-electron chi connectivity index (χ0n) is 18.2. The number of amides is 2. The molecule has 6 heteroatoms. The van der Waals surface area contributed by atoms with Gasteiger partial charge in [-0.3, -0.25) is 20.4 Å². The van der Waals surface area contributed by atoms with Gasteiger partial charge in [-0.1, -0.05) is 60.7 Å². The molecular weight excluding hydrogens is 400 g/mol. The smallest absolute Gasteiger partial charge is 0.269 e. The van der Waals surface area contributed by atoms with Crippen molar-refractivity contribution in [1.29, 1.82) is 0 Å². The van der Waals surface area contributed by atoms with E-state index in [1.165, 1.54) is 0 Å². The van der Waals surface area contributed by atoms with Crippen LogP contribution < -0.4 is 10.9 Å². The first-order valence-electron chi connectivity index (χ1n) is 10.7. The van der Waals surface area contributed by atoms with E-state index in [1.807, 2.05) is 73.7 Å². The van der Waals surface area contributed by atoms with Crippen molar-refractivity contribution in [2.24, 2.45) is 0 Å². The van der Waals surface area contributed by atoms with Gasteiger partial charge in [-0.05, 0) is 43.2 Å². The van der Waals surface area contributed by atoms with Gasteiger partial charge in [0.2, 0.25) is 5.91 Å². The molecule has 0 bridgehead atoms. The molecule has 2 N–H and O–H groups in total. The van der Waals surface area contributed by atoms with Crippen LogP contribution in [0.1, 0.15) is 46.6 Å². The number of nitrogens with one attached hydrogen (secondary N) is 2. The number of rotatable bonds is 6. The van der Waals surface area contributed by atoms with E-state index in [1.54, 1.807) is 12.1 Å². The number of imidazole rings is 1. The molecule has 32 heavy (non-hydrogen) atoms. The average Bonchev–Trinajstić information content (AvgIpc) is 3.16. The molecule has 0 aliphatic carbocycles. The van der Waals surface area contributed by atoms with E-state index in [4.69, 9.17) is 0 Å². The van der Waals surface area contributed by atoms with Crippen molar-refractivity contribution in [3.63, 3.8) is 0 Å². The Bertz CT molecular complexity index is 1190. The van der Waals surface area contributed by atoms with Gasteiger partial charge in [-0.15, -0.1) is 0 Å². The number of hydrogen-bond acceptors (Lipinski definition) is 3. The van der Waals surface area contributed by atoms with Gasteiger partial charge in [0.25, 0.3) is 5.91 Å². The molecule has 0 saturated carbocycles. The molecule has 4 aromatic rings. The molecule has 0 saturated heterocycles. The molecule has 2 amide bonds. The number of hydrazine groups is 1. The Hall–Kier alpha value is -3.93. The number of benzene rings is 3. The molecule has 0 aliphatic rings. The maximum absolute atomic E-state index is 12.7. The summed E-state index contributed by atoms with van der Waals surface area (Å²) in [7, 11) is 0. The quantitative estimate of drug-likeness (QED) is 0.450. The van der Waals surface area contributed by atoms with Gasteiger partial charge in [0.15, 0.2) is 0 Å². The fourth-order valence-electron chi connectivity index (χ4n) is 4.02. The van der Waals surface area contributed by atoms with Gasteiger partial charge in [0.05, 0.1) is 11.0 Å². The maximum atomic E-state index is 12.7. The van der Waals surface area contributed by atoms with E-state index in [2.05, 4.69) is 27.3 Å². The molecule has 0 fully saturated rings. The minimum Gasteiger partial charge on any atom is -0.329 e. The highest BCUT2D eigenvalue weighted by atomic mass is 16.2. The van der Waals surface area contributed by atoms with Gasteiger partial charge in [0.1, 0.15) is 5.82 Å². The summed E-state index contributed by atoms with van der Waals surface area (Å²) in [5.41, 5.74) is 9.39. The van der Waals surface area contributed by atoms with Crippen molar-refractivity contribution in [3.8, 4) is 0 Å². The van der Waals surface area contributed by atoms with Gasteiger partial charge >= 0.3 is 0 Å². The Morgan fingerprint density at radius 3 is 2.12 bits per heavy atom. The third kappa shape index (κ3) is 4.54. The van der Waals surface area contributed by atoms with E-state index < -0.39 is 0 Å². The Morgan fingerprint density at radius 1 is 0.906 bits per heavy atom. The summed E-state index contributed by atoms with van der Waals surface area (Å²) in [6.07, 6.45) is 0.216. The van der Waals surface area contributed by atoms with E-state index in [-0.39, 0.29) is 24.2 Å². The molecule has 6 nitrogen and oxygen atoms in total. The maximum Gasteiger partial charge on any atom is 0.269 e. The van der Waals surface area contributed by atoms with Crippen molar-refractivity contribution >= 4 is 22.8 Å². The van der Waals surface area contributed by atoms with Crippen molar-refractivity contribution in [1.82, 2.24) is 20.4 Å². The number of aryl methyl sites for hydroxylation is 2. The van der Waals surface area contributed by atoms with Crippen LogP contribution >= 0.6 is 0 Å². The van der Waals surface area contributed by atoms with Crippen molar-refractivity contribution < 1.29 is 9.59 Å². The van der Waals surface area contributed by atoms with Crippen molar-refractivity contribution in [2.45, 2.75) is 32.7 Å². The minimum atomic E-state index is -0.375. The zero-order chi connectivity index (χ0) is 22.5. The average molecular weight is 427 g/mol. The summed E-state index contributed by atoms with van der Waals surface area (Å²) in [4.78, 5) is 29.8. The van der Waals surface area contributed by atoms with Crippen LogP contribution in [0, 0.1) is 6.92 Å². The van der Waals surface area contributed by atoms with Crippen molar-refractivity contribution in [2.75, 3.05) is 0 Å². The number of carbonyl (C=O) groups excluding carboxylic acids is 2. The Morgan fingerprint density at radius 2 is 1.53 bits per heavy atom. The Balaban J connectivity index is 1.44. The fourth-order valence-corrected chi connectivity index (χ4v) is 4.02. The molecule has 1 aromatic heterocycles. The second-order valence-electron chi connectivity index (χ2n) is 7.69. The predicted octanol–water partition coefficient (Wildman–Crippen LogP) is 4.35. The summed E-state index contributed by atoms with van der Waals surface area (Å²) in [5.74, 6) is 0.163. The summed E-state index contributed by atoms with van der Waals surface area (Å²) in [6, 6.07) is 25.2. The highest BCUT2D eigenvalue weighted by Gasteiger charge is 2.19. The molecule has 0 aliphatic heterocycles. The van der Waals surface area contributed by atoms with Gasteiger partial charge in [-0.2, -0.15) is 0 Å². The standard InChI is InChI=1S/C26H26N4O2/c1-3-30-18(2)27-23-16-21(14-15-24(23)30)26(32)29-28-25(31)17-22(19-10-6-4-7-11-19)20-12-8-5-9-13-20/h4-16,22H,3,17H2,1-2H3,(H,28,31)(H,29,32). The minimum absolute atomic E-state index is 0.105. The SMILES string of the molecule is CCn1c(C)nc2cc(C(=O)NNC(=O)CC(c3ccccc3)c3ccccc3)ccc21. The number of nitrogens with zero attached hydrogens (tertiary/aromatic N) is 2. The second kappa shape index (κ2) is 9.47. The number of carbonyl (C=O) groups is 2. The van der Waals surface area contributed by atoms with Gasteiger partial charge < -0.3 is 4.57 Å². The lowest BCUT2D eigenvalue weighted by atomic mass is 9.88. The van der Waals surface area contributed by atoms with E-state index >= 15 is 0 Å². The highest BCUT2D eigenvalue weighted by molar-refractivity contribution is 5.98. The molecule has 3 aromatic carbocycles. The van der Waals surface area contributed by atoms with Crippen LogP contribution in [-0.4, -0.2) is 21.4 Å². The largest absolute Gasteiger partial charge is 0.329 e. The third-order valence-corrected chi connectivity index (χ3v) is 5.63. The Kier molecular flexibility index (Phi) is 6.31. The Labute approximate surface area is 187 Å². The van der Waals surface area contributed by atoms with E-state index in [0.29, 0.717) is 5.56 Å². The molecule has 4 rings (SSSR count). The second-order valence-corrected chi connectivity index (χ2v) is 7.69. The van der Waals surface area contributed by atoms with Crippen LogP contribution in [0.2, 0.25) is 0 Å². The lowest BCUT2D eigenvalue weighted by Crippen LogP contribution is -2.42. The summed E-state index contributed by atoms with van der Waals surface area (Å²) >= 11 is 0. The number of fused-ring (bicyclic) bond motifs is 1. The van der Waals surface area contributed by atoms with Crippen LogP contribution in [0.4, 0.5) is 0 Å². The summed E-state index contributed by atoms with van der Waals surface area (Å²) < 4.78 is 2.09. The van der Waals surface area contributed by atoms with Crippen LogP contribution in [0.3, 0.4) is 0 Å². The first-order chi connectivity index (χ1) is 15.6. The first kappa shape index (κ1) is 21.3. The van der Waals surface area contributed by atoms with Gasteiger partial charge in [0, 0.05) is 24.4 Å².